The average molecular weight is 481 g/mol. The van der Waals surface area contributed by atoms with E-state index >= 15 is 0 Å². The van der Waals surface area contributed by atoms with E-state index in [0.29, 0.717) is 24.5 Å². The van der Waals surface area contributed by atoms with E-state index < -0.39 is 21.9 Å². The monoisotopic (exact) mass is 480 g/mol. The Kier molecular flexibility index (Phi) is 6.14. The van der Waals surface area contributed by atoms with Crippen molar-refractivity contribution in [2.24, 2.45) is 0 Å². The van der Waals surface area contributed by atoms with E-state index in [1.165, 1.54) is 41.2 Å². The van der Waals surface area contributed by atoms with Crippen molar-refractivity contribution < 1.29 is 17.6 Å². The highest BCUT2D eigenvalue weighted by Crippen LogP contribution is 2.40. The van der Waals surface area contributed by atoms with Crippen LogP contribution in [0.3, 0.4) is 0 Å². The molecule has 1 amide bonds. The Morgan fingerprint density at radius 1 is 1.03 bits per heavy atom. The molecule has 1 saturated heterocycles. The molecule has 2 aliphatic rings. The molecule has 176 valence electrons. The molecule has 1 aromatic heterocycles. The first-order valence-electron chi connectivity index (χ1n) is 11.4. The third-order valence-electron chi connectivity index (χ3n) is 6.35. The van der Waals surface area contributed by atoms with Gasteiger partial charge in [-0.05, 0) is 67.5 Å². The van der Waals surface area contributed by atoms with Crippen LogP contribution in [0, 0.1) is 5.82 Å². The van der Waals surface area contributed by atoms with Gasteiger partial charge in [-0.25, -0.2) is 22.8 Å². The second kappa shape index (κ2) is 9.23. The van der Waals surface area contributed by atoms with Crippen LogP contribution in [0.2, 0.25) is 0 Å². The summed E-state index contributed by atoms with van der Waals surface area (Å²) in [7, 11) is -3.90. The molecule has 1 aliphatic carbocycles. The molecule has 3 aromatic rings. The molecule has 7 nitrogen and oxygen atoms in total. The van der Waals surface area contributed by atoms with Gasteiger partial charge in [0.25, 0.3) is 0 Å². The first-order chi connectivity index (χ1) is 16.4. The summed E-state index contributed by atoms with van der Waals surface area (Å²) < 4.78 is 40.4. The summed E-state index contributed by atoms with van der Waals surface area (Å²) in [5.41, 5.74) is 3.73. The first kappa shape index (κ1) is 22.6. The Morgan fingerprint density at radius 2 is 1.76 bits per heavy atom. The zero-order valence-electron chi connectivity index (χ0n) is 18.5. The van der Waals surface area contributed by atoms with Crippen LogP contribution in [0.4, 0.5) is 4.39 Å². The lowest BCUT2D eigenvalue weighted by molar-refractivity contribution is -0.124. The Labute approximate surface area is 198 Å². The van der Waals surface area contributed by atoms with Gasteiger partial charge in [-0.2, -0.15) is 4.31 Å². The topological polar surface area (TPSA) is 92.3 Å². The van der Waals surface area contributed by atoms with E-state index in [4.69, 9.17) is 0 Å². The number of nitrogens with zero attached hydrogens (tertiary/aromatic N) is 3. The minimum Gasteiger partial charge on any atom is -0.349 e. The van der Waals surface area contributed by atoms with Crippen molar-refractivity contribution in [2.75, 3.05) is 6.54 Å². The molecule has 0 bridgehead atoms. The fourth-order valence-electron chi connectivity index (χ4n) is 4.32. The van der Waals surface area contributed by atoms with Gasteiger partial charge in [0.15, 0.2) is 0 Å². The number of hydrogen-bond acceptors (Lipinski definition) is 5. The SMILES string of the molecule is O=C(NCc1cc(-c2ccc(C3CC3)cc2)ncn1)C1CCCN1S(=O)(=O)c1ccc(F)cc1. The summed E-state index contributed by atoms with van der Waals surface area (Å²) in [6.07, 6.45) is 4.97. The van der Waals surface area contributed by atoms with Crippen molar-refractivity contribution in [1.29, 1.82) is 0 Å². The molecular weight excluding hydrogens is 455 g/mol. The van der Waals surface area contributed by atoms with E-state index in [9.17, 15) is 17.6 Å². The Bertz CT molecular complexity index is 1290. The van der Waals surface area contributed by atoms with Crippen molar-refractivity contribution in [3.05, 3.63) is 78.0 Å². The van der Waals surface area contributed by atoms with Gasteiger partial charge in [0.2, 0.25) is 15.9 Å². The second-order valence-corrected chi connectivity index (χ2v) is 10.6. The van der Waals surface area contributed by atoms with Crippen molar-refractivity contribution >= 4 is 15.9 Å². The van der Waals surface area contributed by atoms with Crippen molar-refractivity contribution in [1.82, 2.24) is 19.6 Å². The van der Waals surface area contributed by atoms with Gasteiger partial charge < -0.3 is 5.32 Å². The van der Waals surface area contributed by atoms with Crippen molar-refractivity contribution in [2.45, 2.75) is 49.1 Å². The summed E-state index contributed by atoms with van der Waals surface area (Å²) in [5, 5.41) is 2.82. The highest BCUT2D eigenvalue weighted by Gasteiger charge is 2.39. The standard InChI is InChI=1S/C25H25FN4O3S/c26-20-9-11-22(12-10-20)34(32,33)30-13-1-2-24(30)25(31)27-15-21-14-23(29-16-28-21)19-7-5-18(6-8-19)17-3-4-17/h5-12,14,16-17,24H,1-4,13,15H2,(H,27,31). The smallest absolute Gasteiger partial charge is 0.243 e. The maximum absolute atomic E-state index is 13.2. The number of benzene rings is 2. The summed E-state index contributed by atoms with van der Waals surface area (Å²) in [6, 6.07) is 14.0. The highest BCUT2D eigenvalue weighted by atomic mass is 32.2. The molecule has 0 radical (unpaired) electrons. The van der Waals surface area contributed by atoms with E-state index in [1.54, 1.807) is 0 Å². The molecular formula is C25H25FN4O3S. The lowest BCUT2D eigenvalue weighted by Gasteiger charge is -2.23. The van der Waals surface area contributed by atoms with Crippen LogP contribution in [-0.4, -0.2) is 41.2 Å². The largest absolute Gasteiger partial charge is 0.349 e. The second-order valence-electron chi connectivity index (χ2n) is 8.74. The summed E-state index contributed by atoms with van der Waals surface area (Å²) >= 11 is 0. The van der Waals surface area contributed by atoms with E-state index in [2.05, 4.69) is 39.6 Å². The van der Waals surface area contributed by atoms with Crippen molar-refractivity contribution in [3.63, 3.8) is 0 Å². The minimum absolute atomic E-state index is 0.0262. The first-order valence-corrected chi connectivity index (χ1v) is 12.8. The zero-order valence-corrected chi connectivity index (χ0v) is 19.3. The number of carbonyl (C=O) groups is 1. The van der Waals surface area contributed by atoms with Gasteiger partial charge in [-0.3, -0.25) is 4.79 Å². The normalized spacial score (nSPS) is 18.7. The molecule has 5 rings (SSSR count). The fraction of sp³-hybridized carbons (Fsp3) is 0.320. The average Bonchev–Trinajstić information content (AvgIpc) is 3.58. The number of carbonyl (C=O) groups excluding carboxylic acids is 1. The van der Waals surface area contributed by atoms with E-state index in [-0.39, 0.29) is 23.9 Å². The molecule has 1 atom stereocenters. The van der Waals surface area contributed by atoms with E-state index in [1.807, 2.05) is 6.07 Å². The van der Waals surface area contributed by atoms with Crippen LogP contribution in [0.1, 0.15) is 42.9 Å². The summed E-state index contributed by atoms with van der Waals surface area (Å²) in [6.45, 7) is 0.405. The van der Waals surface area contributed by atoms with Crippen LogP contribution in [-0.2, 0) is 21.4 Å². The maximum atomic E-state index is 13.2. The van der Waals surface area contributed by atoms with Crippen LogP contribution in [0.15, 0.2) is 65.8 Å². The number of rotatable bonds is 7. The lowest BCUT2D eigenvalue weighted by atomic mass is 10.1. The van der Waals surface area contributed by atoms with Gasteiger partial charge in [-0.15, -0.1) is 0 Å². The van der Waals surface area contributed by atoms with Gasteiger partial charge in [0, 0.05) is 12.1 Å². The molecule has 1 N–H and O–H groups in total. The number of sulfonamides is 1. The van der Waals surface area contributed by atoms with E-state index in [0.717, 1.165) is 23.4 Å². The molecule has 0 spiro atoms. The van der Waals surface area contributed by atoms with Crippen LogP contribution < -0.4 is 5.32 Å². The molecule has 2 fully saturated rings. The molecule has 2 aromatic carbocycles. The quantitative estimate of drug-likeness (QED) is 0.558. The van der Waals surface area contributed by atoms with Crippen LogP contribution >= 0.6 is 0 Å². The van der Waals surface area contributed by atoms with Crippen molar-refractivity contribution in [3.8, 4) is 11.3 Å². The molecule has 2 heterocycles. The van der Waals surface area contributed by atoms with Crippen LogP contribution in [0.25, 0.3) is 11.3 Å². The third kappa shape index (κ3) is 4.71. The maximum Gasteiger partial charge on any atom is 0.243 e. The number of aromatic nitrogens is 2. The lowest BCUT2D eigenvalue weighted by Crippen LogP contribution is -2.45. The van der Waals surface area contributed by atoms with Gasteiger partial charge >= 0.3 is 0 Å². The zero-order chi connectivity index (χ0) is 23.7. The Balaban J connectivity index is 1.25. The molecule has 1 aliphatic heterocycles. The molecule has 1 unspecified atom stereocenters. The van der Waals surface area contributed by atoms with Crippen LogP contribution in [0.5, 0.6) is 0 Å². The summed E-state index contributed by atoms with van der Waals surface area (Å²) in [4.78, 5) is 21.5. The molecule has 34 heavy (non-hydrogen) atoms. The molecule has 1 saturated carbocycles. The van der Waals surface area contributed by atoms with Gasteiger partial charge in [0.1, 0.15) is 18.2 Å². The molecule has 9 heteroatoms. The predicted molar refractivity (Wildman–Crippen MR) is 125 cm³/mol. The number of nitrogens with one attached hydrogen (secondary N) is 1. The third-order valence-corrected chi connectivity index (χ3v) is 8.27. The minimum atomic E-state index is -3.90. The number of halogens is 1. The number of amides is 1. The summed E-state index contributed by atoms with van der Waals surface area (Å²) in [5.74, 6) is -0.206. The van der Waals surface area contributed by atoms with Gasteiger partial charge in [-0.1, -0.05) is 24.3 Å². The number of hydrogen-bond donors (Lipinski definition) is 1. The Morgan fingerprint density at radius 3 is 2.47 bits per heavy atom. The van der Waals surface area contributed by atoms with Gasteiger partial charge in [0.05, 0.1) is 22.8 Å². The Hall–Kier alpha value is -3.17. The predicted octanol–water partition coefficient (Wildman–Crippen LogP) is 3.63. The highest BCUT2D eigenvalue weighted by molar-refractivity contribution is 7.89. The fourth-order valence-corrected chi connectivity index (χ4v) is 5.98.